The van der Waals surface area contributed by atoms with Gasteiger partial charge in [0.05, 0.1) is 18.0 Å². The quantitative estimate of drug-likeness (QED) is 0.452. The number of hydrogen-bond donors (Lipinski definition) is 1. The van der Waals surface area contributed by atoms with Crippen molar-refractivity contribution in [2.75, 3.05) is 32.6 Å². The fraction of sp³-hybridized carbons (Fsp3) is 0.208. The van der Waals surface area contributed by atoms with Gasteiger partial charge < -0.3 is 10.1 Å². The Balaban J connectivity index is 1.55. The van der Waals surface area contributed by atoms with Crippen molar-refractivity contribution in [3.8, 4) is 28.5 Å². The predicted octanol–water partition coefficient (Wildman–Crippen LogP) is 4.13. The van der Waals surface area contributed by atoms with Crippen LogP contribution in [0.4, 0.5) is 11.5 Å². The van der Waals surface area contributed by atoms with E-state index in [-0.39, 0.29) is 0 Å². The van der Waals surface area contributed by atoms with Gasteiger partial charge in [-0.15, -0.1) is 10.2 Å². The number of rotatable bonds is 6. The van der Waals surface area contributed by atoms with E-state index >= 15 is 0 Å². The van der Waals surface area contributed by atoms with E-state index in [4.69, 9.17) is 4.74 Å². The number of likely N-dealkylation sites (N-methyl/N-ethyl adjacent to an activating group) is 1. The van der Waals surface area contributed by atoms with E-state index in [2.05, 4.69) is 67.3 Å². The zero-order valence-corrected chi connectivity index (χ0v) is 17.6. The molecule has 5 rings (SSSR count). The molecule has 0 saturated heterocycles. The first-order valence-corrected chi connectivity index (χ1v) is 10.3. The second kappa shape index (κ2) is 8.29. The first-order chi connectivity index (χ1) is 15.2. The fourth-order valence-corrected chi connectivity index (χ4v) is 3.86. The molecule has 1 aliphatic rings. The van der Waals surface area contributed by atoms with E-state index in [0.717, 1.165) is 59.7 Å². The Morgan fingerprint density at radius 3 is 2.61 bits per heavy atom. The molecule has 0 saturated carbocycles. The number of aromatic nitrogens is 4. The summed E-state index contributed by atoms with van der Waals surface area (Å²) in [6, 6.07) is 20.6. The largest absolute Gasteiger partial charge is 0.383 e. The summed E-state index contributed by atoms with van der Waals surface area (Å²) in [5, 5.41) is 12.6. The number of pyridine rings is 1. The molecular weight excluding hydrogens is 388 g/mol. The van der Waals surface area contributed by atoms with Gasteiger partial charge in [-0.25, -0.2) is 4.98 Å². The van der Waals surface area contributed by atoms with Gasteiger partial charge in [-0.2, -0.15) is 0 Å². The summed E-state index contributed by atoms with van der Waals surface area (Å²) in [6.07, 6.45) is 1.79. The molecule has 0 atom stereocenters. The lowest BCUT2D eigenvalue weighted by Gasteiger charge is -2.16. The van der Waals surface area contributed by atoms with Crippen LogP contribution in [-0.4, -0.2) is 52.0 Å². The number of ether oxygens (including phenoxy) is 1. The second-order valence-corrected chi connectivity index (χ2v) is 7.65. The topological polar surface area (TPSA) is 68.1 Å². The van der Waals surface area contributed by atoms with Crippen LogP contribution in [0.1, 0.15) is 5.56 Å². The van der Waals surface area contributed by atoms with Crippen LogP contribution in [-0.2, 0) is 11.3 Å². The molecule has 7 nitrogen and oxygen atoms in total. The SMILES string of the molecule is COCCN(C)Cc1ccc(-c2nnc3n2-c2cccnc2Nc2ccccc2-3)cc1. The normalized spacial score (nSPS) is 12.0. The van der Waals surface area contributed by atoms with Crippen molar-refractivity contribution in [2.24, 2.45) is 0 Å². The number of methoxy groups -OCH3 is 1. The lowest BCUT2D eigenvalue weighted by atomic mass is 10.1. The van der Waals surface area contributed by atoms with Gasteiger partial charge in [0.25, 0.3) is 0 Å². The first kappa shape index (κ1) is 19.4. The number of fused-ring (bicyclic) bond motifs is 5. The van der Waals surface area contributed by atoms with Gasteiger partial charge in [0.1, 0.15) is 0 Å². The van der Waals surface area contributed by atoms with E-state index in [1.165, 1.54) is 5.56 Å². The predicted molar refractivity (Wildman–Crippen MR) is 122 cm³/mol. The van der Waals surface area contributed by atoms with Crippen LogP contribution in [0.25, 0.3) is 28.5 Å². The highest BCUT2D eigenvalue weighted by Crippen LogP contribution is 2.38. The Morgan fingerprint density at radius 2 is 1.77 bits per heavy atom. The third-order valence-electron chi connectivity index (χ3n) is 5.45. The van der Waals surface area contributed by atoms with E-state index in [0.29, 0.717) is 0 Å². The smallest absolute Gasteiger partial charge is 0.171 e. The maximum atomic E-state index is 5.17. The number of hydrogen-bond acceptors (Lipinski definition) is 6. The van der Waals surface area contributed by atoms with Crippen LogP contribution < -0.4 is 5.32 Å². The summed E-state index contributed by atoms with van der Waals surface area (Å²) in [5.74, 6) is 2.38. The van der Waals surface area contributed by atoms with Crippen LogP contribution in [0, 0.1) is 0 Å². The first-order valence-electron chi connectivity index (χ1n) is 10.3. The standard InChI is InChI=1S/C24H24N6O/c1-29(14-15-31-2)16-17-9-11-18(12-10-17)23-27-28-24-19-6-3-4-7-20(19)26-22-21(30(23)24)8-5-13-25-22/h3-13H,14-16H2,1-2H3,(H,25,26). The van der Waals surface area contributed by atoms with Crippen molar-refractivity contribution in [3.63, 3.8) is 0 Å². The van der Waals surface area contributed by atoms with Crippen molar-refractivity contribution in [2.45, 2.75) is 6.54 Å². The Kier molecular flexibility index (Phi) is 5.19. The Morgan fingerprint density at radius 1 is 0.968 bits per heavy atom. The summed E-state index contributed by atoms with van der Waals surface area (Å²) in [4.78, 5) is 6.80. The van der Waals surface area contributed by atoms with Crippen molar-refractivity contribution in [1.29, 1.82) is 0 Å². The summed E-state index contributed by atoms with van der Waals surface area (Å²) < 4.78 is 7.25. The van der Waals surface area contributed by atoms with Crippen molar-refractivity contribution >= 4 is 11.5 Å². The molecule has 2 aromatic heterocycles. The molecule has 3 heterocycles. The molecule has 0 fully saturated rings. The highest BCUT2D eigenvalue weighted by molar-refractivity contribution is 5.84. The van der Waals surface area contributed by atoms with Crippen LogP contribution >= 0.6 is 0 Å². The molecule has 2 aromatic carbocycles. The average Bonchev–Trinajstić information content (AvgIpc) is 3.18. The Bertz CT molecular complexity index is 1200. The molecule has 0 spiro atoms. The minimum atomic E-state index is 0.726. The second-order valence-electron chi connectivity index (χ2n) is 7.65. The molecule has 7 heteroatoms. The van der Waals surface area contributed by atoms with Gasteiger partial charge in [-0.3, -0.25) is 9.47 Å². The summed E-state index contributed by atoms with van der Waals surface area (Å²) in [6.45, 7) is 2.49. The van der Waals surface area contributed by atoms with Gasteiger partial charge in [0.15, 0.2) is 17.5 Å². The number of nitrogens with one attached hydrogen (secondary N) is 1. The summed E-state index contributed by atoms with van der Waals surface area (Å²) in [7, 11) is 3.82. The molecule has 156 valence electrons. The zero-order chi connectivity index (χ0) is 21.2. The van der Waals surface area contributed by atoms with Gasteiger partial charge in [0, 0.05) is 37.5 Å². The van der Waals surface area contributed by atoms with Crippen LogP contribution in [0.5, 0.6) is 0 Å². The van der Waals surface area contributed by atoms with E-state index in [9.17, 15) is 0 Å². The number of nitrogens with zero attached hydrogens (tertiary/aromatic N) is 5. The lowest BCUT2D eigenvalue weighted by molar-refractivity contribution is 0.158. The summed E-state index contributed by atoms with van der Waals surface area (Å²) >= 11 is 0. The van der Waals surface area contributed by atoms with E-state index < -0.39 is 0 Å². The molecule has 0 radical (unpaired) electrons. The maximum Gasteiger partial charge on any atom is 0.171 e. The Labute approximate surface area is 181 Å². The number of anilines is 2. The molecule has 31 heavy (non-hydrogen) atoms. The van der Waals surface area contributed by atoms with Gasteiger partial charge in [-0.05, 0) is 36.9 Å². The molecule has 4 aromatic rings. The maximum absolute atomic E-state index is 5.17. The molecule has 0 amide bonds. The minimum absolute atomic E-state index is 0.726. The lowest BCUT2D eigenvalue weighted by Crippen LogP contribution is -2.22. The van der Waals surface area contributed by atoms with Gasteiger partial charge >= 0.3 is 0 Å². The Hall–Kier alpha value is -3.55. The monoisotopic (exact) mass is 412 g/mol. The highest BCUT2D eigenvalue weighted by atomic mass is 16.5. The van der Waals surface area contributed by atoms with Crippen LogP contribution in [0.3, 0.4) is 0 Å². The third kappa shape index (κ3) is 3.69. The third-order valence-corrected chi connectivity index (χ3v) is 5.45. The molecule has 1 aliphatic heterocycles. The highest BCUT2D eigenvalue weighted by Gasteiger charge is 2.24. The van der Waals surface area contributed by atoms with Crippen LogP contribution in [0.15, 0.2) is 66.9 Å². The summed E-state index contributed by atoms with van der Waals surface area (Å²) in [5.41, 5.74) is 5.14. The molecule has 0 bridgehead atoms. The van der Waals surface area contributed by atoms with E-state index in [1.807, 2.05) is 30.3 Å². The van der Waals surface area contributed by atoms with E-state index in [1.54, 1.807) is 13.3 Å². The average molecular weight is 412 g/mol. The van der Waals surface area contributed by atoms with Gasteiger partial charge in [-0.1, -0.05) is 36.4 Å². The molecule has 0 unspecified atom stereocenters. The minimum Gasteiger partial charge on any atom is -0.383 e. The van der Waals surface area contributed by atoms with Crippen molar-refractivity contribution in [1.82, 2.24) is 24.6 Å². The number of benzene rings is 2. The zero-order valence-electron chi connectivity index (χ0n) is 17.6. The molecule has 0 aliphatic carbocycles. The molecular formula is C24H24N6O. The van der Waals surface area contributed by atoms with Crippen molar-refractivity contribution < 1.29 is 4.74 Å². The van der Waals surface area contributed by atoms with Gasteiger partial charge in [0.2, 0.25) is 0 Å². The fourth-order valence-electron chi connectivity index (χ4n) is 3.86. The number of para-hydroxylation sites is 1. The van der Waals surface area contributed by atoms with Crippen molar-refractivity contribution in [3.05, 3.63) is 72.4 Å². The van der Waals surface area contributed by atoms with Crippen LogP contribution in [0.2, 0.25) is 0 Å². The molecule has 1 N–H and O–H groups in total.